The van der Waals surface area contributed by atoms with E-state index >= 15 is 0 Å². The van der Waals surface area contributed by atoms with Crippen LogP contribution >= 0.6 is 0 Å². The first-order valence-electron chi connectivity index (χ1n) is 7.03. The summed E-state index contributed by atoms with van der Waals surface area (Å²) >= 11 is 0. The van der Waals surface area contributed by atoms with Crippen molar-refractivity contribution >= 4 is 5.97 Å². The van der Waals surface area contributed by atoms with Gasteiger partial charge in [-0.1, -0.05) is 19.8 Å². The molecule has 0 radical (unpaired) electrons. The minimum atomic E-state index is -1.22. The fraction of sp³-hybridized carbons (Fsp3) is 0.312. The van der Waals surface area contributed by atoms with Crippen molar-refractivity contribution < 1.29 is 9.90 Å². The Hall–Kier alpha value is -2.43. The van der Waals surface area contributed by atoms with Gasteiger partial charge in [-0.3, -0.25) is 9.78 Å². The highest BCUT2D eigenvalue weighted by Crippen LogP contribution is 2.23. The van der Waals surface area contributed by atoms with Gasteiger partial charge in [0.1, 0.15) is 5.56 Å². The monoisotopic (exact) mass is 286 g/mol. The van der Waals surface area contributed by atoms with Crippen molar-refractivity contribution in [3.63, 3.8) is 0 Å². The first-order chi connectivity index (χ1) is 10.1. The summed E-state index contributed by atoms with van der Waals surface area (Å²) in [7, 11) is 0. The van der Waals surface area contributed by atoms with Gasteiger partial charge in [0.15, 0.2) is 0 Å². The number of aromatic amines is 1. The summed E-state index contributed by atoms with van der Waals surface area (Å²) in [6, 6.07) is 5.07. The SMILES string of the molecule is CCCCCc1[nH]c(=O)c(C(=O)O)cc1-c1ccncc1. The van der Waals surface area contributed by atoms with Gasteiger partial charge in [-0.25, -0.2) is 4.79 Å². The molecule has 0 saturated carbocycles. The number of pyridine rings is 2. The van der Waals surface area contributed by atoms with Crippen LogP contribution in [-0.4, -0.2) is 21.0 Å². The number of rotatable bonds is 6. The van der Waals surface area contributed by atoms with E-state index in [1.54, 1.807) is 12.4 Å². The first kappa shape index (κ1) is 15.0. The van der Waals surface area contributed by atoms with Crippen LogP contribution in [-0.2, 0) is 6.42 Å². The predicted octanol–water partition coefficient (Wildman–Crippen LogP) is 2.87. The Labute approximate surface area is 122 Å². The van der Waals surface area contributed by atoms with E-state index in [4.69, 9.17) is 5.11 Å². The lowest BCUT2D eigenvalue weighted by Crippen LogP contribution is -2.19. The van der Waals surface area contributed by atoms with Crippen molar-refractivity contribution in [2.24, 2.45) is 0 Å². The molecule has 5 heteroatoms. The quantitative estimate of drug-likeness (QED) is 0.800. The average Bonchev–Trinajstić information content (AvgIpc) is 2.48. The number of carbonyl (C=O) groups is 1. The van der Waals surface area contributed by atoms with Gasteiger partial charge in [0, 0.05) is 23.7 Å². The standard InChI is InChI=1S/C16H18N2O3/c1-2-3-4-5-14-12(11-6-8-17-9-7-11)10-13(16(20)21)15(19)18-14/h6-10H,2-5H2,1H3,(H,18,19)(H,20,21). The molecule has 2 heterocycles. The zero-order valence-electron chi connectivity index (χ0n) is 11.9. The highest BCUT2D eigenvalue weighted by molar-refractivity contribution is 5.89. The summed E-state index contributed by atoms with van der Waals surface area (Å²) in [5.74, 6) is -1.22. The fourth-order valence-electron chi connectivity index (χ4n) is 2.27. The fourth-order valence-corrected chi connectivity index (χ4v) is 2.27. The van der Waals surface area contributed by atoms with Crippen molar-refractivity contribution in [2.75, 3.05) is 0 Å². The lowest BCUT2D eigenvalue weighted by atomic mass is 9.99. The molecule has 0 bridgehead atoms. The predicted molar refractivity (Wildman–Crippen MR) is 80.5 cm³/mol. The maximum absolute atomic E-state index is 11.8. The van der Waals surface area contributed by atoms with Gasteiger partial charge in [0.2, 0.25) is 0 Å². The van der Waals surface area contributed by atoms with Crippen molar-refractivity contribution in [1.29, 1.82) is 0 Å². The number of aryl methyl sites for hydroxylation is 1. The second-order valence-electron chi connectivity index (χ2n) is 4.90. The molecule has 2 N–H and O–H groups in total. The maximum atomic E-state index is 11.8. The van der Waals surface area contributed by atoms with E-state index in [-0.39, 0.29) is 5.56 Å². The molecule has 5 nitrogen and oxygen atoms in total. The molecule has 0 saturated heterocycles. The Morgan fingerprint density at radius 1 is 1.29 bits per heavy atom. The van der Waals surface area contributed by atoms with Crippen LogP contribution in [0, 0.1) is 0 Å². The van der Waals surface area contributed by atoms with Gasteiger partial charge in [-0.2, -0.15) is 0 Å². The van der Waals surface area contributed by atoms with Gasteiger partial charge in [0.05, 0.1) is 0 Å². The van der Waals surface area contributed by atoms with E-state index in [1.807, 2.05) is 12.1 Å². The summed E-state index contributed by atoms with van der Waals surface area (Å²) in [4.78, 5) is 29.7. The Bertz CT molecular complexity index is 678. The highest BCUT2D eigenvalue weighted by Gasteiger charge is 2.14. The van der Waals surface area contributed by atoms with E-state index < -0.39 is 11.5 Å². The lowest BCUT2D eigenvalue weighted by Gasteiger charge is -2.10. The van der Waals surface area contributed by atoms with Crippen LogP contribution in [0.1, 0.15) is 42.2 Å². The van der Waals surface area contributed by atoms with Crippen molar-refractivity contribution in [3.05, 3.63) is 52.2 Å². The molecule has 2 rings (SSSR count). The number of hydrogen-bond acceptors (Lipinski definition) is 3. The van der Waals surface area contributed by atoms with E-state index in [9.17, 15) is 9.59 Å². The van der Waals surface area contributed by atoms with Gasteiger partial charge in [-0.05, 0) is 36.6 Å². The van der Waals surface area contributed by atoms with Gasteiger partial charge in [0.25, 0.3) is 5.56 Å². The molecule has 0 aliphatic heterocycles. The zero-order valence-corrected chi connectivity index (χ0v) is 11.9. The Morgan fingerprint density at radius 2 is 2.00 bits per heavy atom. The molecule has 21 heavy (non-hydrogen) atoms. The smallest absolute Gasteiger partial charge is 0.341 e. The van der Waals surface area contributed by atoms with Crippen LogP contribution in [0.15, 0.2) is 35.4 Å². The van der Waals surface area contributed by atoms with Crippen LogP contribution in [0.4, 0.5) is 0 Å². The van der Waals surface area contributed by atoms with Crippen molar-refractivity contribution in [3.8, 4) is 11.1 Å². The van der Waals surface area contributed by atoms with Crippen molar-refractivity contribution in [2.45, 2.75) is 32.6 Å². The largest absolute Gasteiger partial charge is 0.477 e. The summed E-state index contributed by atoms with van der Waals surface area (Å²) in [6.07, 6.45) is 7.13. The Kier molecular flexibility index (Phi) is 4.87. The van der Waals surface area contributed by atoms with Gasteiger partial charge in [-0.15, -0.1) is 0 Å². The molecular formula is C16H18N2O3. The number of carboxylic acids is 1. The number of aromatic nitrogens is 2. The van der Waals surface area contributed by atoms with E-state index in [0.29, 0.717) is 0 Å². The van der Waals surface area contributed by atoms with E-state index in [1.165, 1.54) is 6.07 Å². The Morgan fingerprint density at radius 3 is 2.62 bits per heavy atom. The minimum absolute atomic E-state index is 0.235. The molecule has 0 aliphatic rings. The van der Waals surface area contributed by atoms with Crippen LogP contribution in [0.2, 0.25) is 0 Å². The molecule has 0 amide bonds. The summed E-state index contributed by atoms with van der Waals surface area (Å²) in [6.45, 7) is 2.11. The van der Waals surface area contributed by atoms with Gasteiger partial charge >= 0.3 is 5.97 Å². The topological polar surface area (TPSA) is 83.0 Å². The second-order valence-corrected chi connectivity index (χ2v) is 4.90. The molecule has 2 aromatic rings. The molecule has 0 aliphatic carbocycles. The third-order valence-corrected chi connectivity index (χ3v) is 3.37. The van der Waals surface area contributed by atoms with Crippen LogP contribution in [0.25, 0.3) is 11.1 Å². The number of nitrogens with zero attached hydrogens (tertiary/aromatic N) is 1. The molecule has 0 spiro atoms. The number of H-pyrrole nitrogens is 1. The van der Waals surface area contributed by atoms with Crippen LogP contribution < -0.4 is 5.56 Å². The highest BCUT2D eigenvalue weighted by atomic mass is 16.4. The third kappa shape index (κ3) is 3.56. The van der Waals surface area contributed by atoms with Crippen LogP contribution in [0.5, 0.6) is 0 Å². The second kappa shape index (κ2) is 6.83. The molecule has 0 aromatic carbocycles. The molecule has 0 atom stereocenters. The van der Waals surface area contributed by atoms with Crippen molar-refractivity contribution in [1.82, 2.24) is 9.97 Å². The molecule has 110 valence electrons. The summed E-state index contributed by atoms with van der Waals surface area (Å²) < 4.78 is 0. The van der Waals surface area contributed by atoms with Crippen LogP contribution in [0.3, 0.4) is 0 Å². The number of carboxylic acid groups (broad SMARTS) is 1. The maximum Gasteiger partial charge on any atom is 0.341 e. The van der Waals surface area contributed by atoms with E-state index in [0.717, 1.165) is 42.5 Å². The third-order valence-electron chi connectivity index (χ3n) is 3.37. The molecule has 0 unspecified atom stereocenters. The van der Waals surface area contributed by atoms with E-state index in [2.05, 4.69) is 16.9 Å². The molecular weight excluding hydrogens is 268 g/mol. The average molecular weight is 286 g/mol. The number of aromatic carboxylic acids is 1. The summed E-state index contributed by atoms with van der Waals surface area (Å²) in [5.41, 5.74) is 1.61. The molecule has 2 aromatic heterocycles. The number of nitrogens with one attached hydrogen (secondary N) is 1. The first-order valence-corrected chi connectivity index (χ1v) is 7.03. The Balaban J connectivity index is 2.50. The normalized spacial score (nSPS) is 10.5. The summed E-state index contributed by atoms with van der Waals surface area (Å²) in [5, 5.41) is 9.11. The zero-order chi connectivity index (χ0) is 15.2. The molecule has 0 fully saturated rings. The van der Waals surface area contributed by atoms with Gasteiger partial charge < -0.3 is 10.1 Å². The lowest BCUT2D eigenvalue weighted by molar-refractivity contribution is 0.0695. The number of unbranched alkanes of at least 4 members (excludes halogenated alkanes) is 2. The minimum Gasteiger partial charge on any atom is -0.477 e. The number of hydrogen-bond donors (Lipinski definition) is 2.